The lowest BCUT2D eigenvalue weighted by Crippen LogP contribution is -2.22. The molecule has 2 nitrogen and oxygen atoms in total. The van der Waals surface area contributed by atoms with Gasteiger partial charge < -0.3 is 10.6 Å². The molecular weight excluding hydrogens is 220 g/mol. The fourth-order valence-corrected chi connectivity index (χ4v) is 2.03. The lowest BCUT2D eigenvalue weighted by molar-refractivity contribution is 0.833. The molecule has 0 aliphatic rings. The summed E-state index contributed by atoms with van der Waals surface area (Å²) in [5, 5.41) is 0. The zero-order valence-electron chi connectivity index (χ0n) is 11.1. The molecule has 0 radical (unpaired) electrons. The summed E-state index contributed by atoms with van der Waals surface area (Å²) in [6.45, 7) is 6.10. The summed E-state index contributed by atoms with van der Waals surface area (Å²) in [5.74, 6) is 0. The number of hydrogen-bond donors (Lipinski definition) is 1. The van der Waals surface area contributed by atoms with E-state index in [-0.39, 0.29) is 0 Å². The lowest BCUT2D eigenvalue weighted by Gasteiger charge is -2.24. The molecule has 0 saturated heterocycles. The average molecular weight is 240 g/mol. The Morgan fingerprint density at radius 1 is 1.00 bits per heavy atom. The molecule has 18 heavy (non-hydrogen) atoms. The second kappa shape index (κ2) is 5.58. The van der Waals surface area contributed by atoms with E-state index in [1.807, 2.05) is 18.2 Å². The fraction of sp³-hybridized carbons (Fsp3) is 0.250. The molecular formula is C16H20N2. The van der Waals surface area contributed by atoms with E-state index in [0.29, 0.717) is 0 Å². The number of benzene rings is 2. The molecule has 2 N–H and O–H groups in total. The lowest BCUT2D eigenvalue weighted by atomic mass is 10.1. The van der Waals surface area contributed by atoms with Crippen molar-refractivity contribution in [3.63, 3.8) is 0 Å². The molecule has 0 aliphatic carbocycles. The summed E-state index contributed by atoms with van der Waals surface area (Å²) in [6.07, 6.45) is 0. The van der Waals surface area contributed by atoms with Crippen LogP contribution in [0.15, 0.2) is 48.5 Å². The van der Waals surface area contributed by atoms with Gasteiger partial charge in [0.25, 0.3) is 0 Å². The third-order valence-electron chi connectivity index (χ3n) is 3.20. The van der Waals surface area contributed by atoms with Gasteiger partial charge in [0, 0.05) is 24.5 Å². The maximum absolute atomic E-state index is 6.00. The van der Waals surface area contributed by atoms with Crippen LogP contribution in [0.5, 0.6) is 0 Å². The van der Waals surface area contributed by atoms with Gasteiger partial charge in [-0.3, -0.25) is 0 Å². The molecule has 0 fully saturated rings. The Labute approximate surface area is 109 Å². The van der Waals surface area contributed by atoms with E-state index in [0.717, 1.165) is 18.8 Å². The Hall–Kier alpha value is -1.96. The van der Waals surface area contributed by atoms with Gasteiger partial charge in [0.15, 0.2) is 0 Å². The highest BCUT2D eigenvalue weighted by Crippen LogP contribution is 2.20. The van der Waals surface area contributed by atoms with Crippen molar-refractivity contribution in [2.75, 3.05) is 17.2 Å². The Balaban J connectivity index is 2.20. The van der Waals surface area contributed by atoms with E-state index in [4.69, 9.17) is 5.73 Å². The molecule has 94 valence electrons. The second-order valence-electron chi connectivity index (χ2n) is 4.55. The molecule has 0 aromatic heterocycles. The van der Waals surface area contributed by atoms with E-state index < -0.39 is 0 Å². The van der Waals surface area contributed by atoms with Gasteiger partial charge in [-0.1, -0.05) is 35.9 Å². The number of nitrogens with zero attached hydrogens (tertiary/aromatic N) is 1. The summed E-state index contributed by atoms with van der Waals surface area (Å²) in [5.41, 5.74) is 10.6. The van der Waals surface area contributed by atoms with E-state index in [2.05, 4.69) is 49.1 Å². The molecule has 2 heteroatoms. The number of para-hydroxylation sites is 1. The van der Waals surface area contributed by atoms with Crippen molar-refractivity contribution in [2.45, 2.75) is 20.4 Å². The molecule has 0 amide bonds. The highest BCUT2D eigenvalue weighted by Gasteiger charge is 2.06. The van der Waals surface area contributed by atoms with Gasteiger partial charge in [-0.05, 0) is 37.6 Å². The third kappa shape index (κ3) is 2.83. The molecule has 0 unspecified atom stereocenters. The molecule has 2 aromatic rings. The van der Waals surface area contributed by atoms with Crippen molar-refractivity contribution in [1.29, 1.82) is 0 Å². The van der Waals surface area contributed by atoms with Crippen LogP contribution in [0.4, 0.5) is 11.4 Å². The molecule has 2 aromatic carbocycles. The quantitative estimate of drug-likeness (QED) is 0.827. The number of rotatable bonds is 4. The minimum Gasteiger partial charge on any atom is -0.398 e. The van der Waals surface area contributed by atoms with Gasteiger partial charge in [-0.2, -0.15) is 0 Å². The topological polar surface area (TPSA) is 29.3 Å². The van der Waals surface area contributed by atoms with E-state index >= 15 is 0 Å². The van der Waals surface area contributed by atoms with Crippen LogP contribution in [0.25, 0.3) is 0 Å². The summed E-state index contributed by atoms with van der Waals surface area (Å²) >= 11 is 0. The van der Waals surface area contributed by atoms with Crippen molar-refractivity contribution < 1.29 is 0 Å². The van der Waals surface area contributed by atoms with Crippen molar-refractivity contribution in [2.24, 2.45) is 0 Å². The first-order chi connectivity index (χ1) is 8.70. The summed E-state index contributed by atoms with van der Waals surface area (Å²) in [6, 6.07) is 16.7. The monoisotopic (exact) mass is 240 g/mol. The van der Waals surface area contributed by atoms with Crippen LogP contribution in [0.3, 0.4) is 0 Å². The van der Waals surface area contributed by atoms with Crippen molar-refractivity contribution in [3.8, 4) is 0 Å². The van der Waals surface area contributed by atoms with Gasteiger partial charge in [0.1, 0.15) is 0 Å². The normalized spacial score (nSPS) is 10.3. The standard InChI is InChI=1S/C16H20N2/c1-3-18(15-10-8-13(2)9-11-15)12-14-6-4-5-7-16(14)17/h4-11H,3,12,17H2,1-2H3. The first-order valence-corrected chi connectivity index (χ1v) is 6.35. The van der Waals surface area contributed by atoms with Crippen molar-refractivity contribution in [1.82, 2.24) is 0 Å². The SMILES string of the molecule is CCN(Cc1ccccc1N)c1ccc(C)cc1. The van der Waals surface area contributed by atoms with Crippen LogP contribution >= 0.6 is 0 Å². The number of anilines is 2. The van der Waals surface area contributed by atoms with Crippen LogP contribution < -0.4 is 10.6 Å². The van der Waals surface area contributed by atoms with Crippen molar-refractivity contribution in [3.05, 3.63) is 59.7 Å². The maximum atomic E-state index is 6.00. The van der Waals surface area contributed by atoms with E-state index in [9.17, 15) is 0 Å². The maximum Gasteiger partial charge on any atom is 0.0449 e. The second-order valence-corrected chi connectivity index (χ2v) is 4.55. The highest BCUT2D eigenvalue weighted by atomic mass is 15.1. The van der Waals surface area contributed by atoms with E-state index in [1.54, 1.807) is 0 Å². The minimum atomic E-state index is 0.853. The number of hydrogen-bond acceptors (Lipinski definition) is 2. The van der Waals surface area contributed by atoms with Crippen molar-refractivity contribution >= 4 is 11.4 Å². The predicted octanol–water partition coefficient (Wildman–Crippen LogP) is 3.60. The molecule has 2 rings (SSSR count). The Kier molecular flexibility index (Phi) is 3.88. The molecule has 0 heterocycles. The summed E-state index contributed by atoms with van der Waals surface area (Å²) < 4.78 is 0. The molecule has 0 spiro atoms. The van der Waals surface area contributed by atoms with Gasteiger partial charge in [-0.25, -0.2) is 0 Å². The smallest absolute Gasteiger partial charge is 0.0449 e. The molecule has 0 bridgehead atoms. The number of aryl methyl sites for hydroxylation is 1. The fourth-order valence-electron chi connectivity index (χ4n) is 2.03. The average Bonchev–Trinajstić information content (AvgIpc) is 2.39. The van der Waals surface area contributed by atoms with E-state index in [1.165, 1.54) is 16.8 Å². The zero-order chi connectivity index (χ0) is 13.0. The van der Waals surface area contributed by atoms with Gasteiger partial charge in [0.05, 0.1) is 0 Å². The van der Waals surface area contributed by atoms with Gasteiger partial charge in [0.2, 0.25) is 0 Å². The minimum absolute atomic E-state index is 0.853. The van der Waals surface area contributed by atoms with Crippen LogP contribution in [0.1, 0.15) is 18.1 Å². The molecule has 0 atom stereocenters. The van der Waals surface area contributed by atoms with Crippen LogP contribution in [0, 0.1) is 6.92 Å². The Morgan fingerprint density at radius 3 is 2.28 bits per heavy atom. The predicted molar refractivity (Wildman–Crippen MR) is 78.8 cm³/mol. The first-order valence-electron chi connectivity index (χ1n) is 6.35. The van der Waals surface area contributed by atoms with Crippen LogP contribution in [-0.4, -0.2) is 6.54 Å². The molecule has 0 aliphatic heterocycles. The Bertz CT molecular complexity index is 503. The van der Waals surface area contributed by atoms with Crippen LogP contribution in [-0.2, 0) is 6.54 Å². The Morgan fingerprint density at radius 2 is 1.67 bits per heavy atom. The highest BCUT2D eigenvalue weighted by molar-refractivity contribution is 5.52. The number of nitrogen functional groups attached to an aromatic ring is 1. The van der Waals surface area contributed by atoms with Gasteiger partial charge >= 0.3 is 0 Å². The largest absolute Gasteiger partial charge is 0.398 e. The number of nitrogens with two attached hydrogens (primary N) is 1. The first kappa shape index (κ1) is 12.5. The van der Waals surface area contributed by atoms with Crippen LogP contribution in [0.2, 0.25) is 0 Å². The van der Waals surface area contributed by atoms with Gasteiger partial charge in [-0.15, -0.1) is 0 Å². The molecule has 0 saturated carbocycles. The zero-order valence-corrected chi connectivity index (χ0v) is 11.1. The summed E-state index contributed by atoms with van der Waals surface area (Å²) in [4.78, 5) is 2.32. The summed E-state index contributed by atoms with van der Waals surface area (Å²) in [7, 11) is 0. The third-order valence-corrected chi connectivity index (χ3v) is 3.20.